The van der Waals surface area contributed by atoms with Gasteiger partial charge in [-0.25, -0.2) is 8.78 Å². The van der Waals surface area contributed by atoms with Crippen molar-refractivity contribution in [1.29, 1.82) is 0 Å². The van der Waals surface area contributed by atoms with E-state index < -0.39 is 48.8 Å². The van der Waals surface area contributed by atoms with Crippen molar-refractivity contribution in [3.05, 3.63) is 15.8 Å². The van der Waals surface area contributed by atoms with Crippen molar-refractivity contribution in [2.24, 2.45) is 0 Å². The van der Waals surface area contributed by atoms with Crippen molar-refractivity contribution in [3.63, 3.8) is 0 Å². The average Bonchev–Trinajstić information content (AvgIpc) is 3.32. The molecule has 1 aromatic rings. The molecule has 0 aromatic carbocycles. The van der Waals surface area contributed by atoms with Gasteiger partial charge in [0.05, 0.1) is 25.3 Å². The van der Waals surface area contributed by atoms with Crippen LogP contribution in [0.1, 0.15) is 29.5 Å². The van der Waals surface area contributed by atoms with Crippen molar-refractivity contribution in [2.75, 3.05) is 31.1 Å². The number of thiophene rings is 1. The van der Waals surface area contributed by atoms with E-state index in [9.17, 15) is 14.4 Å². The molecule has 9 heteroatoms. The maximum atomic E-state index is 15.7. The number of likely N-dealkylation sites (tertiary alicyclic amines) is 2. The second kappa shape index (κ2) is 6.23. The van der Waals surface area contributed by atoms with Crippen molar-refractivity contribution < 1.29 is 23.2 Å². The molecule has 6 nitrogen and oxygen atoms in total. The lowest BCUT2D eigenvalue weighted by Gasteiger charge is -2.28. The molecule has 3 atom stereocenters. The lowest BCUT2D eigenvalue weighted by atomic mass is 9.93. The third kappa shape index (κ3) is 2.58. The first-order valence-corrected chi connectivity index (χ1v) is 10.2. The van der Waals surface area contributed by atoms with Crippen LogP contribution >= 0.6 is 11.3 Å². The topological polar surface area (TPSA) is 60.9 Å². The fourth-order valence-corrected chi connectivity index (χ4v) is 5.63. The van der Waals surface area contributed by atoms with Gasteiger partial charge in [-0.15, -0.1) is 11.3 Å². The Balaban J connectivity index is 1.57. The third-order valence-corrected chi connectivity index (χ3v) is 7.07. The van der Waals surface area contributed by atoms with E-state index >= 15 is 8.78 Å². The molecule has 4 rings (SSSR count). The van der Waals surface area contributed by atoms with E-state index in [4.69, 9.17) is 0 Å². The number of hydrogen-bond acceptors (Lipinski definition) is 4. The Bertz CT molecular complexity index is 875. The summed E-state index contributed by atoms with van der Waals surface area (Å²) in [7, 11) is 0. The van der Waals surface area contributed by atoms with Crippen LogP contribution in [0, 0.1) is 13.8 Å². The molecule has 1 aromatic heterocycles. The maximum Gasteiger partial charge on any atom is 0.270 e. The molecule has 0 aliphatic carbocycles. The monoisotopic (exact) mass is 411 g/mol. The van der Waals surface area contributed by atoms with Gasteiger partial charge in [-0.3, -0.25) is 14.4 Å². The molecule has 152 valence electrons. The number of carbonyl (C=O) groups is 3. The summed E-state index contributed by atoms with van der Waals surface area (Å²) in [6.45, 7) is 4.04. The number of fused-ring (bicyclic) bond motifs is 1. The molecule has 3 amide bonds. The summed E-state index contributed by atoms with van der Waals surface area (Å²) in [6, 6.07) is 1.06. The molecule has 3 saturated heterocycles. The number of rotatable bonds is 2. The summed E-state index contributed by atoms with van der Waals surface area (Å²) in [5.74, 6) is -1.63. The van der Waals surface area contributed by atoms with Gasteiger partial charge >= 0.3 is 0 Å². The minimum Gasteiger partial charge on any atom is -0.334 e. The smallest absolute Gasteiger partial charge is 0.270 e. The second-order valence-corrected chi connectivity index (χ2v) is 9.48. The predicted molar refractivity (Wildman–Crippen MR) is 101 cm³/mol. The highest BCUT2D eigenvalue weighted by Crippen LogP contribution is 2.48. The van der Waals surface area contributed by atoms with Crippen molar-refractivity contribution in [2.45, 2.75) is 51.0 Å². The Labute approximate surface area is 166 Å². The molecule has 0 saturated carbocycles. The molecule has 0 unspecified atom stereocenters. The molecule has 3 fully saturated rings. The molecule has 0 N–H and O–H groups in total. The van der Waals surface area contributed by atoms with Gasteiger partial charge in [0.25, 0.3) is 5.91 Å². The first-order valence-electron chi connectivity index (χ1n) is 9.40. The SMILES string of the molecule is CC(=O)N1CCC[C@@H]1C(=O)N1C[C@@]2(F)CN(c3cc(C)sc3C)C(=O)[C@@]2(F)C1. The Kier molecular flexibility index (Phi) is 4.30. The zero-order valence-electron chi connectivity index (χ0n) is 16.1. The summed E-state index contributed by atoms with van der Waals surface area (Å²) in [4.78, 5) is 42.9. The van der Waals surface area contributed by atoms with Gasteiger partial charge < -0.3 is 14.7 Å². The lowest BCUT2D eigenvalue weighted by molar-refractivity contribution is -0.143. The van der Waals surface area contributed by atoms with E-state index in [-0.39, 0.29) is 5.91 Å². The van der Waals surface area contributed by atoms with Crippen LogP contribution in [0.3, 0.4) is 0 Å². The highest BCUT2D eigenvalue weighted by molar-refractivity contribution is 7.12. The highest BCUT2D eigenvalue weighted by atomic mass is 32.1. The Morgan fingerprint density at radius 1 is 1.21 bits per heavy atom. The fraction of sp³-hybridized carbons (Fsp3) is 0.632. The average molecular weight is 411 g/mol. The number of anilines is 1. The Morgan fingerprint density at radius 3 is 2.50 bits per heavy atom. The van der Waals surface area contributed by atoms with Crippen LogP contribution in [0.4, 0.5) is 14.5 Å². The summed E-state index contributed by atoms with van der Waals surface area (Å²) < 4.78 is 31.3. The fourth-order valence-electron chi connectivity index (χ4n) is 4.71. The van der Waals surface area contributed by atoms with Gasteiger partial charge in [-0.2, -0.15) is 0 Å². The van der Waals surface area contributed by atoms with Gasteiger partial charge in [0, 0.05) is 23.2 Å². The van der Waals surface area contributed by atoms with E-state index in [0.717, 1.165) is 14.7 Å². The molecular formula is C19H23F2N3O3S. The number of carbonyl (C=O) groups excluding carboxylic acids is 3. The minimum atomic E-state index is -2.76. The van der Waals surface area contributed by atoms with Crippen LogP contribution in [0.25, 0.3) is 0 Å². The number of hydrogen-bond donors (Lipinski definition) is 0. The molecule has 0 spiro atoms. The Morgan fingerprint density at radius 2 is 1.93 bits per heavy atom. The molecule has 0 radical (unpaired) electrons. The molecule has 4 heterocycles. The zero-order chi connectivity index (χ0) is 20.4. The van der Waals surface area contributed by atoms with Crippen molar-refractivity contribution in [1.82, 2.24) is 9.80 Å². The molecule has 28 heavy (non-hydrogen) atoms. The predicted octanol–water partition coefficient (Wildman–Crippen LogP) is 1.98. The Hall–Kier alpha value is -2.03. The van der Waals surface area contributed by atoms with Crippen LogP contribution in [-0.2, 0) is 14.4 Å². The van der Waals surface area contributed by atoms with E-state index in [1.165, 1.54) is 28.1 Å². The number of halogens is 2. The zero-order valence-corrected chi connectivity index (χ0v) is 16.9. The van der Waals surface area contributed by atoms with Crippen LogP contribution in [0.2, 0.25) is 0 Å². The summed E-state index contributed by atoms with van der Waals surface area (Å²) in [5.41, 5.74) is -4.68. The van der Waals surface area contributed by atoms with E-state index in [1.54, 1.807) is 6.07 Å². The van der Waals surface area contributed by atoms with Crippen LogP contribution in [0.5, 0.6) is 0 Å². The first kappa shape index (κ1) is 19.3. The van der Waals surface area contributed by atoms with Crippen molar-refractivity contribution in [3.8, 4) is 0 Å². The van der Waals surface area contributed by atoms with Gasteiger partial charge in [0.1, 0.15) is 6.04 Å². The van der Waals surface area contributed by atoms with Gasteiger partial charge in [-0.05, 0) is 32.8 Å². The first-order chi connectivity index (χ1) is 13.1. The number of nitrogens with zero attached hydrogens (tertiary/aromatic N) is 3. The number of alkyl halides is 2. The van der Waals surface area contributed by atoms with E-state index in [2.05, 4.69) is 0 Å². The number of amides is 3. The summed E-state index contributed by atoms with van der Waals surface area (Å²) in [5, 5.41) is 0. The normalized spacial score (nSPS) is 32.4. The van der Waals surface area contributed by atoms with Crippen LogP contribution in [0.15, 0.2) is 6.07 Å². The number of aryl methyl sites for hydroxylation is 2. The largest absolute Gasteiger partial charge is 0.334 e. The van der Waals surface area contributed by atoms with Crippen LogP contribution in [-0.4, -0.2) is 71.1 Å². The summed E-state index contributed by atoms with van der Waals surface area (Å²) in [6.07, 6.45) is 1.15. The standard InChI is InChI=1S/C19H23F2N3O3S/c1-11-7-15(12(2)28-11)24-9-18(20)8-22(10-19(18,21)17(24)27)16(26)14-5-4-6-23(14)13(3)25/h7,14H,4-6,8-10H2,1-3H3/t14-,18-,19+/m1/s1. The van der Waals surface area contributed by atoms with Gasteiger partial charge in [0.2, 0.25) is 17.5 Å². The summed E-state index contributed by atoms with van der Waals surface area (Å²) >= 11 is 1.47. The van der Waals surface area contributed by atoms with Gasteiger partial charge in [0.15, 0.2) is 5.67 Å². The third-order valence-electron chi connectivity index (χ3n) is 6.11. The second-order valence-electron chi connectivity index (χ2n) is 8.02. The molecule has 3 aliphatic heterocycles. The molecule has 0 bridgehead atoms. The molecule has 3 aliphatic rings. The van der Waals surface area contributed by atoms with Crippen molar-refractivity contribution >= 4 is 34.7 Å². The quantitative estimate of drug-likeness (QED) is 0.748. The maximum absolute atomic E-state index is 15.7. The van der Waals surface area contributed by atoms with Crippen LogP contribution < -0.4 is 4.90 Å². The minimum absolute atomic E-state index is 0.231. The van der Waals surface area contributed by atoms with Gasteiger partial charge in [-0.1, -0.05) is 0 Å². The van der Waals surface area contributed by atoms with E-state index in [1.807, 2.05) is 13.8 Å². The lowest BCUT2D eigenvalue weighted by Crippen LogP contribution is -2.49. The highest BCUT2D eigenvalue weighted by Gasteiger charge is 2.72. The van der Waals surface area contributed by atoms with E-state index in [0.29, 0.717) is 25.1 Å². The molecular weight excluding hydrogens is 388 g/mol.